The third-order valence-corrected chi connectivity index (χ3v) is 3.12. The molecule has 0 saturated heterocycles. The summed E-state index contributed by atoms with van der Waals surface area (Å²) in [5, 5.41) is 9.34. The van der Waals surface area contributed by atoms with Crippen molar-refractivity contribution in [2.75, 3.05) is 20.8 Å². The maximum absolute atomic E-state index is 12.2. The highest BCUT2D eigenvalue weighted by molar-refractivity contribution is 6.01. The molecule has 23 heavy (non-hydrogen) atoms. The average molecular weight is 316 g/mol. The zero-order valence-corrected chi connectivity index (χ0v) is 12.7. The van der Waals surface area contributed by atoms with Crippen molar-refractivity contribution in [3.63, 3.8) is 0 Å². The molecule has 0 atom stereocenters. The lowest BCUT2D eigenvalue weighted by atomic mass is 10.1. The number of ether oxygens (including phenoxy) is 3. The summed E-state index contributed by atoms with van der Waals surface area (Å²) in [6.45, 7) is -0.446. The van der Waals surface area contributed by atoms with Gasteiger partial charge in [-0.3, -0.25) is 4.79 Å². The summed E-state index contributed by atoms with van der Waals surface area (Å²) in [5.41, 5.74) is 0.422. The van der Waals surface area contributed by atoms with Crippen LogP contribution in [0.5, 0.6) is 17.2 Å². The van der Waals surface area contributed by atoms with Gasteiger partial charge in [0.2, 0.25) is 5.78 Å². The SMILES string of the molecule is COc1ccc(OC)c(C(=O)COC(=O)c2cccc(O)c2)c1. The van der Waals surface area contributed by atoms with Crippen LogP contribution < -0.4 is 9.47 Å². The molecule has 0 aliphatic heterocycles. The zero-order chi connectivity index (χ0) is 16.8. The molecule has 0 unspecified atom stereocenters. The quantitative estimate of drug-likeness (QED) is 0.651. The van der Waals surface area contributed by atoms with Crippen LogP contribution in [0.25, 0.3) is 0 Å². The van der Waals surface area contributed by atoms with E-state index in [0.717, 1.165) is 0 Å². The van der Waals surface area contributed by atoms with Gasteiger partial charge in [0.1, 0.15) is 17.2 Å². The van der Waals surface area contributed by atoms with Crippen molar-refractivity contribution in [1.82, 2.24) is 0 Å². The van der Waals surface area contributed by atoms with E-state index in [1.165, 1.54) is 44.6 Å². The summed E-state index contributed by atoms with van der Waals surface area (Å²) >= 11 is 0. The minimum Gasteiger partial charge on any atom is -0.508 e. The highest BCUT2D eigenvalue weighted by Crippen LogP contribution is 2.24. The molecule has 0 aromatic heterocycles. The molecule has 0 spiro atoms. The number of carbonyl (C=O) groups excluding carboxylic acids is 2. The first-order chi connectivity index (χ1) is 11.0. The Morgan fingerprint density at radius 3 is 2.48 bits per heavy atom. The fourth-order valence-corrected chi connectivity index (χ4v) is 1.96. The molecular weight excluding hydrogens is 300 g/mol. The Balaban J connectivity index is 2.09. The van der Waals surface area contributed by atoms with Gasteiger partial charge in [-0.15, -0.1) is 0 Å². The smallest absolute Gasteiger partial charge is 0.338 e. The van der Waals surface area contributed by atoms with Gasteiger partial charge in [-0.2, -0.15) is 0 Å². The van der Waals surface area contributed by atoms with Crippen LogP contribution in [0.15, 0.2) is 42.5 Å². The van der Waals surface area contributed by atoms with Gasteiger partial charge in [-0.1, -0.05) is 6.07 Å². The van der Waals surface area contributed by atoms with Gasteiger partial charge in [-0.25, -0.2) is 4.79 Å². The van der Waals surface area contributed by atoms with E-state index in [0.29, 0.717) is 11.5 Å². The number of ketones is 1. The highest BCUT2D eigenvalue weighted by Gasteiger charge is 2.16. The number of carbonyl (C=O) groups is 2. The maximum Gasteiger partial charge on any atom is 0.338 e. The molecule has 0 heterocycles. The summed E-state index contributed by atoms with van der Waals surface area (Å²) in [4.78, 5) is 24.1. The van der Waals surface area contributed by atoms with Gasteiger partial charge in [0.05, 0.1) is 25.3 Å². The van der Waals surface area contributed by atoms with Crippen LogP contribution in [0, 0.1) is 0 Å². The number of aromatic hydroxyl groups is 1. The first-order valence-electron chi connectivity index (χ1n) is 6.76. The Kier molecular flexibility index (Phi) is 5.19. The average Bonchev–Trinajstić information content (AvgIpc) is 2.58. The molecule has 2 rings (SSSR count). The molecular formula is C17H16O6. The fourth-order valence-electron chi connectivity index (χ4n) is 1.96. The molecule has 0 radical (unpaired) electrons. The molecule has 2 aromatic rings. The number of methoxy groups -OCH3 is 2. The molecule has 0 saturated carbocycles. The number of benzene rings is 2. The van der Waals surface area contributed by atoms with Gasteiger partial charge in [0.15, 0.2) is 6.61 Å². The van der Waals surface area contributed by atoms with Crippen LogP contribution in [0.4, 0.5) is 0 Å². The maximum atomic E-state index is 12.2. The van der Waals surface area contributed by atoms with Crippen molar-refractivity contribution >= 4 is 11.8 Å². The number of hydrogen-bond donors (Lipinski definition) is 1. The Morgan fingerprint density at radius 2 is 1.83 bits per heavy atom. The minimum absolute atomic E-state index is 0.0553. The van der Waals surface area contributed by atoms with E-state index in [1.54, 1.807) is 12.1 Å². The Morgan fingerprint density at radius 1 is 1.04 bits per heavy atom. The summed E-state index contributed by atoms with van der Waals surface area (Å²) in [6.07, 6.45) is 0. The van der Waals surface area contributed by atoms with E-state index in [1.807, 2.05) is 0 Å². The lowest BCUT2D eigenvalue weighted by Crippen LogP contribution is -2.15. The van der Waals surface area contributed by atoms with E-state index in [4.69, 9.17) is 14.2 Å². The molecule has 1 N–H and O–H groups in total. The van der Waals surface area contributed by atoms with Crippen LogP contribution in [-0.2, 0) is 4.74 Å². The largest absolute Gasteiger partial charge is 0.508 e. The molecule has 0 bridgehead atoms. The van der Waals surface area contributed by atoms with Gasteiger partial charge < -0.3 is 19.3 Å². The Bertz CT molecular complexity index is 723. The van der Waals surface area contributed by atoms with Crippen molar-refractivity contribution in [1.29, 1.82) is 0 Å². The molecule has 6 nitrogen and oxygen atoms in total. The molecule has 0 aliphatic carbocycles. The second-order valence-corrected chi connectivity index (χ2v) is 4.62. The number of Topliss-reactive ketones (excluding diaryl/α,β-unsaturated/α-hetero) is 1. The number of esters is 1. The van der Waals surface area contributed by atoms with Crippen molar-refractivity contribution in [2.24, 2.45) is 0 Å². The molecule has 6 heteroatoms. The summed E-state index contributed by atoms with van der Waals surface area (Å²) in [5.74, 6) is -0.316. The van der Waals surface area contributed by atoms with E-state index in [-0.39, 0.29) is 16.9 Å². The van der Waals surface area contributed by atoms with E-state index in [2.05, 4.69) is 0 Å². The Labute approximate surface area is 133 Å². The van der Waals surface area contributed by atoms with Crippen LogP contribution >= 0.6 is 0 Å². The highest BCUT2D eigenvalue weighted by atomic mass is 16.5. The monoisotopic (exact) mass is 316 g/mol. The number of phenolic OH excluding ortho intramolecular Hbond substituents is 1. The van der Waals surface area contributed by atoms with Crippen LogP contribution in [0.2, 0.25) is 0 Å². The number of phenols is 1. The van der Waals surface area contributed by atoms with Crippen molar-refractivity contribution < 1.29 is 28.9 Å². The first kappa shape index (κ1) is 16.4. The van der Waals surface area contributed by atoms with Crippen molar-refractivity contribution in [3.05, 3.63) is 53.6 Å². The summed E-state index contributed by atoms with van der Waals surface area (Å²) in [6, 6.07) is 10.5. The fraction of sp³-hybridized carbons (Fsp3) is 0.176. The summed E-state index contributed by atoms with van der Waals surface area (Å²) in [7, 11) is 2.93. The van der Waals surface area contributed by atoms with Gasteiger partial charge >= 0.3 is 5.97 Å². The second kappa shape index (κ2) is 7.31. The Hall–Kier alpha value is -3.02. The van der Waals surface area contributed by atoms with Gasteiger partial charge in [0.25, 0.3) is 0 Å². The summed E-state index contributed by atoms with van der Waals surface area (Å²) < 4.78 is 15.2. The van der Waals surface area contributed by atoms with Crippen LogP contribution in [0.3, 0.4) is 0 Å². The predicted molar refractivity (Wildman–Crippen MR) is 82.3 cm³/mol. The van der Waals surface area contributed by atoms with Crippen LogP contribution in [0.1, 0.15) is 20.7 Å². The van der Waals surface area contributed by atoms with E-state index < -0.39 is 18.4 Å². The van der Waals surface area contributed by atoms with Crippen molar-refractivity contribution in [2.45, 2.75) is 0 Å². The topological polar surface area (TPSA) is 82.1 Å². The third kappa shape index (κ3) is 4.00. The van der Waals surface area contributed by atoms with Gasteiger partial charge in [-0.05, 0) is 36.4 Å². The lowest BCUT2D eigenvalue weighted by Gasteiger charge is -2.10. The number of hydrogen-bond acceptors (Lipinski definition) is 6. The lowest BCUT2D eigenvalue weighted by molar-refractivity contribution is 0.0473. The predicted octanol–water partition coefficient (Wildman–Crippen LogP) is 2.45. The van der Waals surface area contributed by atoms with Gasteiger partial charge in [0, 0.05) is 0 Å². The van der Waals surface area contributed by atoms with E-state index in [9.17, 15) is 14.7 Å². The second-order valence-electron chi connectivity index (χ2n) is 4.62. The molecule has 0 fully saturated rings. The minimum atomic E-state index is -0.698. The zero-order valence-electron chi connectivity index (χ0n) is 12.7. The molecule has 2 aromatic carbocycles. The first-order valence-corrected chi connectivity index (χ1v) is 6.76. The number of rotatable bonds is 6. The molecule has 0 amide bonds. The normalized spacial score (nSPS) is 10.0. The van der Waals surface area contributed by atoms with Crippen molar-refractivity contribution in [3.8, 4) is 17.2 Å². The molecule has 0 aliphatic rings. The van der Waals surface area contributed by atoms with Crippen LogP contribution in [-0.4, -0.2) is 37.7 Å². The standard InChI is InChI=1S/C17H16O6/c1-21-13-6-7-16(22-2)14(9-13)15(19)10-23-17(20)11-4-3-5-12(18)8-11/h3-9,18H,10H2,1-2H3. The molecule has 120 valence electrons. The third-order valence-electron chi connectivity index (χ3n) is 3.12. The van der Waals surface area contributed by atoms with E-state index >= 15 is 0 Å².